The minimum absolute atomic E-state index is 0.112. The van der Waals surface area contributed by atoms with Crippen LogP contribution in [0.1, 0.15) is 24.0 Å². The lowest BCUT2D eigenvalue weighted by atomic mass is 10.1. The zero-order chi connectivity index (χ0) is 18.5. The SMILES string of the molecule is N#C/C(=C/NCCCCc1ccccc1)C(=O)NCCc1ccccc1. The second-order valence-corrected chi connectivity index (χ2v) is 6.06. The molecule has 0 aromatic heterocycles. The van der Waals surface area contributed by atoms with E-state index in [2.05, 4.69) is 22.8 Å². The number of aryl methyl sites for hydroxylation is 1. The molecule has 0 fully saturated rings. The first-order valence-corrected chi connectivity index (χ1v) is 8.99. The molecule has 0 saturated heterocycles. The Labute approximate surface area is 155 Å². The fourth-order valence-corrected chi connectivity index (χ4v) is 2.58. The average Bonchev–Trinajstić information content (AvgIpc) is 2.69. The van der Waals surface area contributed by atoms with Gasteiger partial charge < -0.3 is 10.6 Å². The van der Waals surface area contributed by atoms with Crippen molar-refractivity contribution in [3.8, 4) is 6.07 Å². The molecule has 0 bridgehead atoms. The molecule has 134 valence electrons. The number of carbonyl (C=O) groups is 1. The average molecular weight is 347 g/mol. The maximum Gasteiger partial charge on any atom is 0.263 e. The third kappa shape index (κ3) is 7.23. The second kappa shape index (κ2) is 11.5. The number of carbonyl (C=O) groups excluding carboxylic acids is 1. The van der Waals surface area contributed by atoms with Gasteiger partial charge in [0.2, 0.25) is 0 Å². The first-order chi connectivity index (χ1) is 12.8. The highest BCUT2D eigenvalue weighted by Crippen LogP contribution is 2.04. The molecule has 0 aliphatic heterocycles. The summed E-state index contributed by atoms with van der Waals surface area (Å²) < 4.78 is 0. The molecule has 2 aromatic carbocycles. The molecule has 0 saturated carbocycles. The van der Waals surface area contributed by atoms with Crippen molar-refractivity contribution in [1.29, 1.82) is 5.26 Å². The molecule has 4 heteroatoms. The van der Waals surface area contributed by atoms with Crippen LogP contribution in [0.25, 0.3) is 0 Å². The summed E-state index contributed by atoms with van der Waals surface area (Å²) in [5.74, 6) is -0.333. The van der Waals surface area contributed by atoms with Gasteiger partial charge in [0.05, 0.1) is 0 Å². The van der Waals surface area contributed by atoms with Crippen molar-refractivity contribution < 1.29 is 4.79 Å². The minimum atomic E-state index is -0.333. The van der Waals surface area contributed by atoms with E-state index >= 15 is 0 Å². The van der Waals surface area contributed by atoms with E-state index < -0.39 is 0 Å². The predicted molar refractivity (Wildman–Crippen MR) is 104 cm³/mol. The molecule has 0 spiro atoms. The number of amides is 1. The fourth-order valence-electron chi connectivity index (χ4n) is 2.58. The van der Waals surface area contributed by atoms with Crippen LogP contribution < -0.4 is 10.6 Å². The summed E-state index contributed by atoms with van der Waals surface area (Å²) in [5, 5.41) is 15.0. The van der Waals surface area contributed by atoms with Gasteiger partial charge in [-0.1, -0.05) is 60.7 Å². The highest BCUT2D eigenvalue weighted by Gasteiger charge is 2.07. The number of rotatable bonds is 10. The summed E-state index contributed by atoms with van der Waals surface area (Å²) in [5.41, 5.74) is 2.60. The normalized spacial score (nSPS) is 10.8. The van der Waals surface area contributed by atoms with Gasteiger partial charge in [-0.2, -0.15) is 5.26 Å². The van der Waals surface area contributed by atoms with Crippen LogP contribution in [0, 0.1) is 11.3 Å². The topological polar surface area (TPSA) is 64.9 Å². The van der Waals surface area contributed by atoms with Crippen LogP contribution in [-0.2, 0) is 17.6 Å². The van der Waals surface area contributed by atoms with Crippen LogP contribution in [0.15, 0.2) is 72.4 Å². The monoisotopic (exact) mass is 347 g/mol. The van der Waals surface area contributed by atoms with Crippen molar-refractivity contribution in [2.45, 2.75) is 25.7 Å². The molecule has 1 amide bonds. The molecule has 0 aliphatic rings. The number of unbranched alkanes of at least 4 members (excludes halogenated alkanes) is 1. The van der Waals surface area contributed by atoms with Crippen molar-refractivity contribution >= 4 is 5.91 Å². The van der Waals surface area contributed by atoms with Crippen LogP contribution in [0.3, 0.4) is 0 Å². The van der Waals surface area contributed by atoms with Gasteiger partial charge in [0.1, 0.15) is 11.6 Å². The number of nitriles is 1. The third-order valence-electron chi connectivity index (χ3n) is 4.03. The van der Waals surface area contributed by atoms with E-state index in [0.717, 1.165) is 37.8 Å². The Morgan fingerprint density at radius 3 is 2.12 bits per heavy atom. The van der Waals surface area contributed by atoms with Gasteiger partial charge in [0, 0.05) is 19.3 Å². The van der Waals surface area contributed by atoms with Gasteiger partial charge in [-0.05, 0) is 36.8 Å². The largest absolute Gasteiger partial charge is 0.390 e. The van der Waals surface area contributed by atoms with Crippen LogP contribution in [0.5, 0.6) is 0 Å². The zero-order valence-electron chi connectivity index (χ0n) is 14.9. The molecular formula is C22H25N3O. The maximum atomic E-state index is 12.0. The summed E-state index contributed by atoms with van der Waals surface area (Å²) in [7, 11) is 0. The van der Waals surface area contributed by atoms with Gasteiger partial charge in [0.25, 0.3) is 5.91 Å². The minimum Gasteiger partial charge on any atom is -0.390 e. The van der Waals surface area contributed by atoms with Gasteiger partial charge in [0.15, 0.2) is 0 Å². The Morgan fingerprint density at radius 1 is 0.885 bits per heavy atom. The van der Waals surface area contributed by atoms with E-state index in [1.54, 1.807) is 0 Å². The van der Waals surface area contributed by atoms with E-state index in [-0.39, 0.29) is 11.5 Å². The smallest absolute Gasteiger partial charge is 0.263 e. The maximum absolute atomic E-state index is 12.0. The molecule has 2 rings (SSSR count). The Bertz CT molecular complexity index is 733. The quantitative estimate of drug-likeness (QED) is 0.393. The Balaban J connectivity index is 1.63. The summed E-state index contributed by atoms with van der Waals surface area (Å²) in [4.78, 5) is 12.0. The lowest BCUT2D eigenvalue weighted by Crippen LogP contribution is -2.27. The van der Waals surface area contributed by atoms with Crippen LogP contribution in [0.4, 0.5) is 0 Å². The second-order valence-electron chi connectivity index (χ2n) is 6.06. The summed E-state index contributed by atoms with van der Waals surface area (Å²) >= 11 is 0. The van der Waals surface area contributed by atoms with E-state index in [1.807, 2.05) is 54.6 Å². The number of benzene rings is 2. The standard InChI is InChI=1S/C22H25N3O/c23-17-21(22(26)25-16-14-20-11-5-2-6-12-20)18-24-15-8-7-13-19-9-3-1-4-10-19/h1-6,9-12,18,24H,7-8,13-16H2,(H,25,26)/b21-18-. The number of nitrogens with zero attached hydrogens (tertiary/aromatic N) is 1. The Morgan fingerprint density at radius 2 is 1.50 bits per heavy atom. The summed E-state index contributed by atoms with van der Waals surface area (Å²) in [6, 6.07) is 22.3. The molecule has 2 N–H and O–H groups in total. The summed E-state index contributed by atoms with van der Waals surface area (Å²) in [6.07, 6.45) is 5.35. The van der Waals surface area contributed by atoms with E-state index in [0.29, 0.717) is 6.54 Å². The first-order valence-electron chi connectivity index (χ1n) is 8.99. The van der Waals surface area contributed by atoms with Crippen molar-refractivity contribution in [2.75, 3.05) is 13.1 Å². The molecule has 0 atom stereocenters. The van der Waals surface area contributed by atoms with Crippen LogP contribution in [0.2, 0.25) is 0 Å². The molecule has 0 heterocycles. The molecule has 2 aromatic rings. The molecule has 26 heavy (non-hydrogen) atoms. The van der Waals surface area contributed by atoms with Crippen molar-refractivity contribution in [2.24, 2.45) is 0 Å². The van der Waals surface area contributed by atoms with Crippen molar-refractivity contribution in [3.63, 3.8) is 0 Å². The van der Waals surface area contributed by atoms with Crippen molar-refractivity contribution in [1.82, 2.24) is 10.6 Å². The Hall–Kier alpha value is -3.06. The zero-order valence-corrected chi connectivity index (χ0v) is 14.9. The Kier molecular flexibility index (Phi) is 8.51. The first kappa shape index (κ1) is 19.3. The fraction of sp³-hybridized carbons (Fsp3) is 0.273. The van der Waals surface area contributed by atoms with Gasteiger partial charge in [-0.3, -0.25) is 4.79 Å². The van der Waals surface area contributed by atoms with Gasteiger partial charge in [-0.25, -0.2) is 0 Å². The molecular weight excluding hydrogens is 322 g/mol. The molecule has 0 radical (unpaired) electrons. The lowest BCUT2D eigenvalue weighted by Gasteiger charge is -2.06. The van der Waals surface area contributed by atoms with Crippen LogP contribution in [-0.4, -0.2) is 19.0 Å². The highest BCUT2D eigenvalue weighted by molar-refractivity contribution is 5.97. The predicted octanol–water partition coefficient (Wildman–Crippen LogP) is 3.37. The molecule has 0 unspecified atom stereocenters. The lowest BCUT2D eigenvalue weighted by molar-refractivity contribution is -0.117. The van der Waals surface area contributed by atoms with Crippen molar-refractivity contribution in [3.05, 3.63) is 83.6 Å². The van der Waals surface area contributed by atoms with E-state index in [9.17, 15) is 4.79 Å². The van der Waals surface area contributed by atoms with Crippen LogP contribution >= 0.6 is 0 Å². The van der Waals surface area contributed by atoms with Gasteiger partial charge in [-0.15, -0.1) is 0 Å². The van der Waals surface area contributed by atoms with Gasteiger partial charge >= 0.3 is 0 Å². The number of hydrogen-bond acceptors (Lipinski definition) is 3. The van der Waals surface area contributed by atoms with E-state index in [1.165, 1.54) is 11.8 Å². The highest BCUT2D eigenvalue weighted by atomic mass is 16.1. The summed E-state index contributed by atoms with van der Waals surface area (Å²) in [6.45, 7) is 1.26. The third-order valence-corrected chi connectivity index (χ3v) is 4.03. The molecule has 0 aliphatic carbocycles. The van der Waals surface area contributed by atoms with E-state index in [4.69, 9.17) is 5.26 Å². The number of nitrogens with one attached hydrogen (secondary N) is 2. The molecule has 4 nitrogen and oxygen atoms in total. The number of hydrogen-bond donors (Lipinski definition) is 2.